The zero-order valence-electron chi connectivity index (χ0n) is 18.1. The third kappa shape index (κ3) is 8.32. The van der Waals surface area contributed by atoms with Crippen LogP contribution >= 0.6 is 11.8 Å². The molecule has 7 heteroatoms. The number of benzene rings is 2. The lowest BCUT2D eigenvalue weighted by atomic mass is 10.1. The summed E-state index contributed by atoms with van der Waals surface area (Å²) in [5.41, 5.74) is 1.69. The van der Waals surface area contributed by atoms with Crippen LogP contribution in [0.3, 0.4) is 0 Å². The van der Waals surface area contributed by atoms with E-state index in [1.54, 1.807) is 29.2 Å². The summed E-state index contributed by atoms with van der Waals surface area (Å²) in [6, 6.07) is 11.5. The second-order valence-electron chi connectivity index (χ2n) is 7.34. The number of unbranched alkanes of at least 4 members (excludes halogenated alkanes) is 1. The Bertz CT molecular complexity index is 828. The third-order valence-corrected chi connectivity index (χ3v) is 5.88. The number of carbonyl (C=O) groups is 2. The lowest BCUT2D eigenvalue weighted by molar-refractivity contribution is -0.139. The van der Waals surface area contributed by atoms with Crippen molar-refractivity contribution in [3.05, 3.63) is 71.3 Å². The Kier molecular flexibility index (Phi) is 10.5. The van der Waals surface area contributed by atoms with Crippen LogP contribution in [0.4, 0.5) is 8.78 Å². The maximum atomic E-state index is 13.3. The molecule has 0 bridgehead atoms. The van der Waals surface area contributed by atoms with Gasteiger partial charge in [-0.15, -0.1) is 11.8 Å². The molecule has 2 rings (SSSR count). The van der Waals surface area contributed by atoms with Crippen LogP contribution in [0.5, 0.6) is 0 Å². The first-order valence-electron chi connectivity index (χ1n) is 10.6. The number of halogens is 2. The molecule has 4 nitrogen and oxygen atoms in total. The fourth-order valence-electron chi connectivity index (χ4n) is 3.13. The van der Waals surface area contributed by atoms with Gasteiger partial charge in [0.15, 0.2) is 0 Å². The Morgan fingerprint density at radius 1 is 0.968 bits per heavy atom. The van der Waals surface area contributed by atoms with Crippen molar-refractivity contribution in [1.29, 1.82) is 0 Å². The molecule has 2 aromatic carbocycles. The van der Waals surface area contributed by atoms with Crippen LogP contribution in [0.15, 0.2) is 48.5 Å². The first-order chi connectivity index (χ1) is 14.9. The molecule has 0 saturated carbocycles. The summed E-state index contributed by atoms with van der Waals surface area (Å²) in [5, 5.41) is 2.92. The fraction of sp³-hybridized carbons (Fsp3) is 0.417. The number of nitrogens with one attached hydrogen (secondary N) is 1. The van der Waals surface area contributed by atoms with Crippen LogP contribution in [0.2, 0.25) is 0 Å². The van der Waals surface area contributed by atoms with Crippen molar-refractivity contribution in [3.63, 3.8) is 0 Å². The van der Waals surface area contributed by atoms with Gasteiger partial charge in [-0.1, -0.05) is 44.5 Å². The molecule has 0 saturated heterocycles. The van der Waals surface area contributed by atoms with E-state index in [-0.39, 0.29) is 35.7 Å². The summed E-state index contributed by atoms with van der Waals surface area (Å²) in [4.78, 5) is 27.4. The molecule has 1 N–H and O–H groups in total. The van der Waals surface area contributed by atoms with E-state index in [1.807, 2.05) is 13.8 Å². The Balaban J connectivity index is 2.08. The van der Waals surface area contributed by atoms with Gasteiger partial charge >= 0.3 is 0 Å². The van der Waals surface area contributed by atoms with E-state index < -0.39 is 6.04 Å². The second kappa shape index (κ2) is 13.1. The molecule has 2 aromatic rings. The number of amides is 2. The molecule has 2 amide bonds. The Hall–Kier alpha value is -2.41. The SMILES string of the molecule is CCCCNC(=O)[C@@H](CC)N(Cc1ccc(F)cc1)C(=O)CSCc1ccc(F)cc1. The van der Waals surface area contributed by atoms with Gasteiger partial charge in [-0.3, -0.25) is 9.59 Å². The predicted molar refractivity (Wildman–Crippen MR) is 122 cm³/mol. The van der Waals surface area contributed by atoms with Crippen LogP contribution in [0, 0.1) is 11.6 Å². The molecule has 0 unspecified atom stereocenters. The third-order valence-electron chi connectivity index (χ3n) is 4.89. The minimum atomic E-state index is -0.596. The topological polar surface area (TPSA) is 49.4 Å². The number of carbonyl (C=O) groups excluding carboxylic acids is 2. The summed E-state index contributed by atoms with van der Waals surface area (Å²) in [6.07, 6.45) is 2.32. The molecule has 31 heavy (non-hydrogen) atoms. The van der Waals surface area contributed by atoms with Crippen LogP contribution in [-0.2, 0) is 21.9 Å². The van der Waals surface area contributed by atoms with Gasteiger partial charge < -0.3 is 10.2 Å². The van der Waals surface area contributed by atoms with Gasteiger partial charge in [0.2, 0.25) is 11.8 Å². The van der Waals surface area contributed by atoms with Crippen LogP contribution in [0.25, 0.3) is 0 Å². The molecular weight excluding hydrogens is 418 g/mol. The highest BCUT2D eigenvalue weighted by Gasteiger charge is 2.28. The van der Waals surface area contributed by atoms with Crippen LogP contribution in [0.1, 0.15) is 44.2 Å². The maximum absolute atomic E-state index is 13.3. The lowest BCUT2D eigenvalue weighted by Gasteiger charge is -2.30. The monoisotopic (exact) mass is 448 g/mol. The fourth-order valence-corrected chi connectivity index (χ4v) is 4.00. The van der Waals surface area contributed by atoms with Gasteiger partial charge in [-0.05, 0) is 48.2 Å². The largest absolute Gasteiger partial charge is 0.354 e. The molecule has 0 spiro atoms. The van der Waals surface area contributed by atoms with Crippen molar-refractivity contribution < 1.29 is 18.4 Å². The normalized spacial score (nSPS) is 11.7. The molecule has 0 aromatic heterocycles. The number of thioether (sulfide) groups is 1. The van der Waals surface area contributed by atoms with Crippen LogP contribution < -0.4 is 5.32 Å². The van der Waals surface area contributed by atoms with Gasteiger partial charge in [-0.25, -0.2) is 8.78 Å². The van der Waals surface area contributed by atoms with E-state index in [1.165, 1.54) is 36.0 Å². The van der Waals surface area contributed by atoms with Crippen molar-refractivity contribution >= 4 is 23.6 Å². The first-order valence-corrected chi connectivity index (χ1v) is 11.7. The highest BCUT2D eigenvalue weighted by Crippen LogP contribution is 2.18. The van der Waals surface area contributed by atoms with E-state index >= 15 is 0 Å². The minimum Gasteiger partial charge on any atom is -0.354 e. The molecule has 0 aliphatic heterocycles. The molecule has 0 aliphatic rings. The van der Waals surface area contributed by atoms with E-state index in [0.29, 0.717) is 18.7 Å². The quantitative estimate of drug-likeness (QED) is 0.469. The average Bonchev–Trinajstić information content (AvgIpc) is 2.76. The summed E-state index contributed by atoms with van der Waals surface area (Å²) in [7, 11) is 0. The van der Waals surface area contributed by atoms with E-state index in [9.17, 15) is 18.4 Å². The predicted octanol–water partition coefficient (Wildman–Crippen LogP) is 4.92. The van der Waals surface area contributed by atoms with Gasteiger partial charge in [0.05, 0.1) is 5.75 Å². The van der Waals surface area contributed by atoms with Crippen molar-refractivity contribution in [2.24, 2.45) is 0 Å². The molecule has 0 fully saturated rings. The average molecular weight is 449 g/mol. The summed E-state index contributed by atoms with van der Waals surface area (Å²) in [5.74, 6) is -0.215. The molecule has 0 aliphatic carbocycles. The van der Waals surface area contributed by atoms with E-state index in [4.69, 9.17) is 0 Å². The van der Waals surface area contributed by atoms with E-state index in [2.05, 4.69) is 5.32 Å². The van der Waals surface area contributed by atoms with Crippen molar-refractivity contribution in [3.8, 4) is 0 Å². The van der Waals surface area contributed by atoms with Gasteiger partial charge in [0.25, 0.3) is 0 Å². The zero-order chi connectivity index (χ0) is 22.6. The molecule has 1 atom stereocenters. The smallest absolute Gasteiger partial charge is 0.242 e. The number of nitrogens with zero attached hydrogens (tertiary/aromatic N) is 1. The van der Waals surface area contributed by atoms with Crippen molar-refractivity contribution in [1.82, 2.24) is 10.2 Å². The Morgan fingerprint density at radius 2 is 1.55 bits per heavy atom. The molecule has 0 radical (unpaired) electrons. The first kappa shape index (κ1) is 24.9. The van der Waals surface area contributed by atoms with Crippen molar-refractivity contribution in [2.45, 2.75) is 51.4 Å². The number of hydrogen-bond acceptors (Lipinski definition) is 3. The van der Waals surface area contributed by atoms with Crippen molar-refractivity contribution in [2.75, 3.05) is 12.3 Å². The van der Waals surface area contributed by atoms with Crippen LogP contribution in [-0.4, -0.2) is 35.1 Å². The highest BCUT2D eigenvalue weighted by molar-refractivity contribution is 7.99. The zero-order valence-corrected chi connectivity index (χ0v) is 18.9. The summed E-state index contributed by atoms with van der Waals surface area (Å²) in [6.45, 7) is 4.73. The van der Waals surface area contributed by atoms with E-state index in [0.717, 1.165) is 24.0 Å². The summed E-state index contributed by atoms with van der Waals surface area (Å²) < 4.78 is 26.4. The number of hydrogen-bond donors (Lipinski definition) is 1. The molecule has 0 heterocycles. The maximum Gasteiger partial charge on any atom is 0.242 e. The second-order valence-corrected chi connectivity index (χ2v) is 8.32. The highest BCUT2D eigenvalue weighted by atomic mass is 32.2. The van der Waals surface area contributed by atoms with Gasteiger partial charge in [0.1, 0.15) is 17.7 Å². The van der Waals surface area contributed by atoms with Gasteiger partial charge in [-0.2, -0.15) is 0 Å². The lowest BCUT2D eigenvalue weighted by Crippen LogP contribution is -2.49. The van der Waals surface area contributed by atoms with Gasteiger partial charge in [0, 0.05) is 18.8 Å². The molecular formula is C24H30F2N2O2S. The summed E-state index contributed by atoms with van der Waals surface area (Å²) >= 11 is 1.42. The number of rotatable bonds is 12. The Morgan fingerprint density at radius 3 is 2.10 bits per heavy atom. The minimum absolute atomic E-state index is 0.158. The standard InChI is InChI=1S/C24H30F2N2O2S/c1-3-5-14-27-24(30)22(4-2)28(15-18-6-10-20(25)11-7-18)23(29)17-31-16-19-8-12-21(26)13-9-19/h6-13,22H,3-5,14-17H2,1-2H3,(H,27,30)/t22-/m1/s1. The molecule has 168 valence electrons. The Labute approximate surface area is 187 Å².